The van der Waals surface area contributed by atoms with Crippen molar-refractivity contribution in [3.63, 3.8) is 0 Å². The topological polar surface area (TPSA) is 33.2 Å². The molecule has 21 heavy (non-hydrogen) atoms. The van der Waals surface area contributed by atoms with Crippen LogP contribution in [0.3, 0.4) is 0 Å². The maximum Gasteiger partial charge on any atom is 0.224 e. The minimum atomic E-state index is 0.156. The second-order valence-corrected chi connectivity index (χ2v) is 7.52. The fraction of sp³-hybridized carbons (Fsp3) is 0.647. The fourth-order valence-corrected chi connectivity index (χ4v) is 4.83. The van der Waals surface area contributed by atoms with Gasteiger partial charge in [-0.05, 0) is 17.9 Å². The van der Waals surface area contributed by atoms with Crippen molar-refractivity contribution in [3.8, 4) is 0 Å². The molecule has 0 spiro atoms. The van der Waals surface area contributed by atoms with Crippen LogP contribution in [0.15, 0.2) is 24.5 Å². The van der Waals surface area contributed by atoms with Gasteiger partial charge in [-0.2, -0.15) is 0 Å². The molecule has 1 aliphatic heterocycles. The number of hydrogen-bond acceptors (Lipinski definition) is 3. The molecule has 0 radical (unpaired) electrons. The zero-order chi connectivity index (χ0) is 14.7. The zero-order valence-corrected chi connectivity index (χ0v) is 13.5. The van der Waals surface area contributed by atoms with E-state index < -0.39 is 0 Å². The van der Waals surface area contributed by atoms with E-state index in [0.29, 0.717) is 18.2 Å². The Bertz CT molecular complexity index is 473. The first-order valence-corrected chi connectivity index (χ1v) is 9.11. The van der Waals surface area contributed by atoms with E-state index >= 15 is 0 Å². The standard InChI is InChI=1S/C17H24N2OS/c1-13(14-5-2-3-6-14)12-19-16(20)8-10-21-17(19)15-7-4-9-18-11-15/h4,7,9,11,13-14,17H,2-3,5-6,8,10,12H2,1H3. The summed E-state index contributed by atoms with van der Waals surface area (Å²) in [6.45, 7) is 3.22. The van der Waals surface area contributed by atoms with Crippen molar-refractivity contribution in [1.82, 2.24) is 9.88 Å². The summed E-state index contributed by atoms with van der Waals surface area (Å²) in [6.07, 6.45) is 9.79. The van der Waals surface area contributed by atoms with Crippen molar-refractivity contribution in [2.24, 2.45) is 11.8 Å². The predicted octanol–water partition coefficient (Wildman–Crippen LogP) is 3.87. The first-order valence-electron chi connectivity index (χ1n) is 8.06. The molecule has 2 unspecified atom stereocenters. The van der Waals surface area contributed by atoms with E-state index in [-0.39, 0.29) is 5.37 Å². The van der Waals surface area contributed by atoms with Gasteiger partial charge in [-0.1, -0.05) is 38.7 Å². The molecular weight excluding hydrogens is 280 g/mol. The number of rotatable bonds is 4. The molecule has 114 valence electrons. The molecule has 1 saturated heterocycles. The summed E-state index contributed by atoms with van der Waals surface area (Å²) in [5.74, 6) is 2.65. The van der Waals surface area contributed by atoms with Gasteiger partial charge in [0.2, 0.25) is 5.91 Å². The smallest absolute Gasteiger partial charge is 0.224 e. The lowest BCUT2D eigenvalue weighted by Crippen LogP contribution is -2.41. The van der Waals surface area contributed by atoms with Gasteiger partial charge in [0.1, 0.15) is 5.37 Å². The second-order valence-electron chi connectivity index (χ2n) is 6.33. The van der Waals surface area contributed by atoms with E-state index in [9.17, 15) is 4.79 Å². The lowest BCUT2D eigenvalue weighted by Gasteiger charge is -2.38. The van der Waals surface area contributed by atoms with Crippen molar-refractivity contribution < 1.29 is 4.79 Å². The van der Waals surface area contributed by atoms with E-state index in [2.05, 4.69) is 22.9 Å². The third-order valence-electron chi connectivity index (χ3n) is 4.85. The average Bonchev–Trinajstić information content (AvgIpc) is 3.04. The van der Waals surface area contributed by atoms with Crippen LogP contribution < -0.4 is 0 Å². The lowest BCUT2D eigenvalue weighted by molar-refractivity contribution is -0.133. The first-order chi connectivity index (χ1) is 10.3. The summed E-state index contributed by atoms with van der Waals surface area (Å²) in [5.41, 5.74) is 1.16. The van der Waals surface area contributed by atoms with Crippen LogP contribution in [-0.4, -0.2) is 28.1 Å². The summed E-state index contributed by atoms with van der Waals surface area (Å²) < 4.78 is 0. The van der Waals surface area contributed by atoms with Crippen LogP contribution in [0.4, 0.5) is 0 Å². The Hall–Kier alpha value is -1.03. The second kappa shape index (κ2) is 6.82. The average molecular weight is 304 g/mol. The SMILES string of the molecule is CC(CN1C(=O)CCSC1c1cccnc1)C1CCCC1. The Morgan fingerprint density at radius 2 is 2.24 bits per heavy atom. The van der Waals surface area contributed by atoms with Gasteiger partial charge in [-0.3, -0.25) is 9.78 Å². The zero-order valence-electron chi connectivity index (χ0n) is 12.7. The Kier molecular flexibility index (Phi) is 4.84. The molecule has 1 aliphatic carbocycles. The summed E-state index contributed by atoms with van der Waals surface area (Å²) in [4.78, 5) is 18.8. The maximum absolute atomic E-state index is 12.4. The molecule has 1 amide bonds. The largest absolute Gasteiger partial charge is 0.326 e. The molecule has 1 saturated carbocycles. The molecule has 1 aromatic heterocycles. The molecule has 0 bridgehead atoms. The normalized spacial score (nSPS) is 25.3. The number of carbonyl (C=O) groups excluding carboxylic acids is 1. The number of aromatic nitrogens is 1. The van der Waals surface area contributed by atoms with Crippen molar-refractivity contribution >= 4 is 17.7 Å². The van der Waals surface area contributed by atoms with Gasteiger partial charge in [0.15, 0.2) is 0 Å². The van der Waals surface area contributed by atoms with Gasteiger partial charge in [0.05, 0.1) is 0 Å². The van der Waals surface area contributed by atoms with Gasteiger partial charge < -0.3 is 4.90 Å². The third-order valence-corrected chi connectivity index (χ3v) is 6.14. The van der Waals surface area contributed by atoms with Gasteiger partial charge in [-0.15, -0.1) is 11.8 Å². The van der Waals surface area contributed by atoms with E-state index in [1.54, 1.807) is 6.20 Å². The lowest BCUT2D eigenvalue weighted by atomic mass is 9.92. The van der Waals surface area contributed by atoms with Crippen molar-refractivity contribution in [2.75, 3.05) is 12.3 Å². The quantitative estimate of drug-likeness (QED) is 0.846. The van der Waals surface area contributed by atoms with Crippen LogP contribution >= 0.6 is 11.8 Å². The molecule has 2 atom stereocenters. The van der Waals surface area contributed by atoms with Crippen molar-refractivity contribution in [3.05, 3.63) is 30.1 Å². The first kappa shape index (κ1) is 14.9. The summed E-state index contributed by atoms with van der Waals surface area (Å²) >= 11 is 1.88. The number of carbonyl (C=O) groups is 1. The molecule has 3 rings (SSSR count). The Morgan fingerprint density at radius 3 is 2.95 bits per heavy atom. The number of amides is 1. The minimum absolute atomic E-state index is 0.156. The number of nitrogens with zero attached hydrogens (tertiary/aromatic N) is 2. The Balaban J connectivity index is 1.73. The molecule has 0 N–H and O–H groups in total. The van der Waals surface area contributed by atoms with Gasteiger partial charge >= 0.3 is 0 Å². The summed E-state index contributed by atoms with van der Waals surface area (Å²) in [5, 5.41) is 0.156. The molecule has 3 nitrogen and oxygen atoms in total. The highest BCUT2D eigenvalue weighted by molar-refractivity contribution is 7.99. The number of hydrogen-bond donors (Lipinski definition) is 0. The Labute approximate surface area is 131 Å². The molecular formula is C17H24N2OS. The van der Waals surface area contributed by atoms with Gasteiger partial charge in [-0.25, -0.2) is 0 Å². The van der Waals surface area contributed by atoms with E-state index in [1.165, 1.54) is 25.7 Å². The number of thioether (sulfide) groups is 1. The third kappa shape index (κ3) is 3.42. The molecule has 2 fully saturated rings. The van der Waals surface area contributed by atoms with Crippen LogP contribution in [0, 0.1) is 11.8 Å². The highest BCUT2D eigenvalue weighted by Gasteiger charge is 2.33. The maximum atomic E-state index is 12.4. The van der Waals surface area contributed by atoms with E-state index in [4.69, 9.17) is 0 Å². The number of pyridine rings is 1. The summed E-state index contributed by atoms with van der Waals surface area (Å²) in [6, 6.07) is 4.06. The fourth-order valence-electron chi connectivity index (χ4n) is 3.60. The van der Waals surface area contributed by atoms with Crippen molar-refractivity contribution in [2.45, 2.75) is 44.4 Å². The molecule has 2 aliphatic rings. The molecule has 4 heteroatoms. The van der Waals surface area contributed by atoms with Crippen LogP contribution in [0.1, 0.15) is 50.0 Å². The van der Waals surface area contributed by atoms with Gasteiger partial charge in [0.25, 0.3) is 0 Å². The molecule has 0 aromatic carbocycles. The van der Waals surface area contributed by atoms with Crippen LogP contribution in [-0.2, 0) is 4.79 Å². The van der Waals surface area contributed by atoms with Crippen LogP contribution in [0.2, 0.25) is 0 Å². The van der Waals surface area contributed by atoms with E-state index in [1.807, 2.05) is 24.0 Å². The Morgan fingerprint density at radius 1 is 1.43 bits per heavy atom. The highest BCUT2D eigenvalue weighted by atomic mass is 32.2. The van der Waals surface area contributed by atoms with E-state index in [0.717, 1.165) is 23.8 Å². The van der Waals surface area contributed by atoms with Crippen molar-refractivity contribution in [1.29, 1.82) is 0 Å². The van der Waals surface area contributed by atoms with Gasteiger partial charge in [0, 0.05) is 36.7 Å². The monoisotopic (exact) mass is 304 g/mol. The molecule has 2 heterocycles. The highest BCUT2D eigenvalue weighted by Crippen LogP contribution is 2.39. The van der Waals surface area contributed by atoms with Crippen LogP contribution in [0.5, 0.6) is 0 Å². The molecule has 1 aromatic rings. The minimum Gasteiger partial charge on any atom is -0.326 e. The van der Waals surface area contributed by atoms with Crippen LogP contribution in [0.25, 0.3) is 0 Å². The summed E-state index contributed by atoms with van der Waals surface area (Å²) in [7, 11) is 0. The predicted molar refractivity (Wildman–Crippen MR) is 86.9 cm³/mol.